The number of phenolic OH excluding ortho intramolecular Hbond substituents is 1. The quantitative estimate of drug-likeness (QED) is 0.386. The van der Waals surface area contributed by atoms with Crippen molar-refractivity contribution in [1.82, 2.24) is 0 Å². The van der Waals surface area contributed by atoms with Crippen LogP contribution in [0.5, 0.6) is 11.5 Å². The topological polar surface area (TPSA) is 46.5 Å². The van der Waals surface area contributed by atoms with E-state index < -0.39 is 5.97 Å². The van der Waals surface area contributed by atoms with E-state index in [1.54, 1.807) is 18.2 Å². The summed E-state index contributed by atoms with van der Waals surface area (Å²) in [6.45, 7) is 3.45. The molecule has 1 N–H and O–H groups in total. The lowest BCUT2D eigenvalue weighted by Crippen LogP contribution is -2.08. The average Bonchev–Trinajstić information content (AvgIpc) is 3.12. The van der Waals surface area contributed by atoms with Crippen molar-refractivity contribution in [2.24, 2.45) is 0 Å². The van der Waals surface area contributed by atoms with E-state index >= 15 is 0 Å². The second-order valence-corrected chi connectivity index (χ2v) is 6.09. The molecule has 2 aliphatic rings. The Morgan fingerprint density at radius 2 is 2.00 bits per heavy atom. The third kappa shape index (κ3) is 1.72. The van der Waals surface area contributed by atoms with Gasteiger partial charge in [-0.2, -0.15) is 0 Å². The second-order valence-electron chi connectivity index (χ2n) is 5.65. The summed E-state index contributed by atoms with van der Waals surface area (Å²) in [5, 5.41) is 12.5. The molecule has 2 aromatic carbocycles. The summed E-state index contributed by atoms with van der Waals surface area (Å²) < 4.78 is 5.52. The number of ether oxygens (including phenoxy) is 1. The van der Waals surface area contributed by atoms with Crippen LogP contribution in [0.3, 0.4) is 0 Å². The Morgan fingerprint density at radius 3 is 2.73 bits per heavy atom. The number of rotatable bonds is 2. The van der Waals surface area contributed by atoms with Gasteiger partial charge in [0.15, 0.2) is 0 Å². The van der Waals surface area contributed by atoms with Gasteiger partial charge in [0.1, 0.15) is 11.5 Å². The van der Waals surface area contributed by atoms with Crippen LogP contribution in [-0.2, 0) is 4.79 Å². The van der Waals surface area contributed by atoms with Gasteiger partial charge >= 0.3 is 5.97 Å². The molecular weight excluding hydrogens is 300 g/mol. The molecule has 0 saturated carbocycles. The van der Waals surface area contributed by atoms with Crippen LogP contribution in [0.2, 0.25) is 5.02 Å². The van der Waals surface area contributed by atoms with Gasteiger partial charge in [-0.15, -0.1) is 0 Å². The maximum atomic E-state index is 11.7. The maximum Gasteiger partial charge on any atom is 0.335 e. The average molecular weight is 313 g/mol. The van der Waals surface area contributed by atoms with Crippen molar-refractivity contribution in [3.63, 3.8) is 0 Å². The minimum atomic E-state index is -0.504. The summed E-state index contributed by atoms with van der Waals surface area (Å²) in [5.41, 5.74) is 1.77. The highest BCUT2D eigenvalue weighted by Gasteiger charge is 2.39. The first-order valence-electron chi connectivity index (χ1n) is 7.10. The SMILES string of the molecule is C=CC(=O)Oc1c2c(c(O)c3cc(Cl)ccc13)C1C=CC2C1. The molecule has 2 atom stereocenters. The van der Waals surface area contributed by atoms with Gasteiger partial charge < -0.3 is 9.84 Å². The van der Waals surface area contributed by atoms with Gasteiger partial charge in [0.05, 0.1) is 0 Å². The van der Waals surface area contributed by atoms with Crippen molar-refractivity contribution in [3.05, 3.63) is 59.2 Å². The number of halogens is 1. The largest absolute Gasteiger partial charge is 0.507 e. The first-order valence-corrected chi connectivity index (χ1v) is 7.48. The van der Waals surface area contributed by atoms with E-state index in [0.29, 0.717) is 21.5 Å². The van der Waals surface area contributed by atoms with Crippen LogP contribution in [-0.4, -0.2) is 11.1 Å². The molecule has 110 valence electrons. The minimum Gasteiger partial charge on any atom is -0.507 e. The molecule has 0 spiro atoms. The third-order valence-corrected chi connectivity index (χ3v) is 4.70. The van der Waals surface area contributed by atoms with Gasteiger partial charge in [-0.3, -0.25) is 0 Å². The lowest BCUT2D eigenvalue weighted by atomic mass is 9.91. The molecule has 0 aromatic heterocycles. The minimum absolute atomic E-state index is 0.171. The van der Waals surface area contributed by atoms with Crippen LogP contribution in [0.15, 0.2) is 43.0 Å². The third-order valence-electron chi connectivity index (χ3n) is 4.47. The molecule has 0 amide bonds. The van der Waals surface area contributed by atoms with Crippen LogP contribution < -0.4 is 4.74 Å². The Labute approximate surface area is 132 Å². The van der Waals surface area contributed by atoms with Crippen LogP contribution in [0.1, 0.15) is 29.4 Å². The van der Waals surface area contributed by atoms with Gasteiger partial charge in [0.2, 0.25) is 0 Å². The zero-order valence-electron chi connectivity index (χ0n) is 11.7. The van der Waals surface area contributed by atoms with E-state index in [0.717, 1.165) is 23.6 Å². The van der Waals surface area contributed by atoms with Crippen LogP contribution in [0.4, 0.5) is 0 Å². The number of phenols is 1. The first-order chi connectivity index (χ1) is 10.6. The van der Waals surface area contributed by atoms with Gasteiger partial charge in [-0.25, -0.2) is 4.79 Å². The van der Waals surface area contributed by atoms with E-state index in [9.17, 15) is 9.90 Å². The van der Waals surface area contributed by atoms with E-state index in [1.807, 2.05) is 0 Å². The smallest absolute Gasteiger partial charge is 0.335 e. The number of benzene rings is 2. The predicted octanol–water partition coefficient (Wildman–Crippen LogP) is 4.43. The molecule has 0 radical (unpaired) electrons. The van der Waals surface area contributed by atoms with Crippen molar-refractivity contribution in [3.8, 4) is 11.5 Å². The number of fused-ring (bicyclic) bond motifs is 6. The Hall–Kier alpha value is -2.26. The summed E-state index contributed by atoms with van der Waals surface area (Å²) in [7, 11) is 0. The van der Waals surface area contributed by atoms with Crippen molar-refractivity contribution >= 4 is 28.3 Å². The zero-order chi connectivity index (χ0) is 15.4. The van der Waals surface area contributed by atoms with Gasteiger partial charge in [-0.05, 0) is 24.6 Å². The fourth-order valence-corrected chi connectivity index (χ4v) is 3.75. The molecule has 2 aromatic rings. The molecule has 22 heavy (non-hydrogen) atoms. The number of carbonyl (C=O) groups is 1. The van der Waals surface area contributed by atoms with Gasteiger partial charge in [-0.1, -0.05) is 30.3 Å². The molecule has 0 fully saturated rings. The van der Waals surface area contributed by atoms with Crippen molar-refractivity contribution in [2.45, 2.75) is 18.3 Å². The molecular formula is C18H13ClO3. The highest BCUT2D eigenvalue weighted by Crippen LogP contribution is 2.58. The number of hydrogen-bond acceptors (Lipinski definition) is 3. The summed E-state index contributed by atoms with van der Waals surface area (Å²) in [4.78, 5) is 11.7. The van der Waals surface area contributed by atoms with Crippen molar-refractivity contribution < 1.29 is 14.6 Å². The molecule has 2 bridgehead atoms. The van der Waals surface area contributed by atoms with E-state index in [4.69, 9.17) is 16.3 Å². The van der Waals surface area contributed by atoms with E-state index in [1.165, 1.54) is 0 Å². The van der Waals surface area contributed by atoms with Crippen LogP contribution >= 0.6 is 11.6 Å². The number of allylic oxidation sites excluding steroid dienone is 2. The molecule has 2 unspecified atom stereocenters. The number of carbonyl (C=O) groups excluding carboxylic acids is 1. The number of esters is 1. The Kier molecular flexibility index (Phi) is 2.81. The Balaban J connectivity index is 2.08. The zero-order valence-corrected chi connectivity index (χ0v) is 12.4. The predicted molar refractivity (Wildman–Crippen MR) is 85.7 cm³/mol. The Bertz CT molecular complexity index is 866. The lowest BCUT2D eigenvalue weighted by Gasteiger charge is -2.19. The number of aromatic hydroxyl groups is 1. The Morgan fingerprint density at radius 1 is 1.27 bits per heavy atom. The highest BCUT2D eigenvalue weighted by molar-refractivity contribution is 6.31. The van der Waals surface area contributed by atoms with Crippen LogP contribution in [0, 0.1) is 0 Å². The summed E-state index contributed by atoms with van der Waals surface area (Å²) in [5.74, 6) is 0.600. The fraction of sp³-hybridized carbons (Fsp3) is 0.167. The molecule has 0 saturated heterocycles. The fourth-order valence-electron chi connectivity index (χ4n) is 3.57. The van der Waals surface area contributed by atoms with Gasteiger partial charge in [0.25, 0.3) is 0 Å². The van der Waals surface area contributed by atoms with E-state index in [-0.39, 0.29) is 17.6 Å². The molecule has 2 aliphatic carbocycles. The standard InChI is InChI=1S/C18H13ClO3/c1-2-14(20)22-18-12-6-5-11(19)8-13(12)17(21)15-9-3-4-10(7-9)16(15)18/h2-6,8-10,21H,1,7H2. The lowest BCUT2D eigenvalue weighted by molar-refractivity contribution is -0.128. The molecule has 3 nitrogen and oxygen atoms in total. The monoisotopic (exact) mass is 312 g/mol. The summed E-state index contributed by atoms with van der Waals surface area (Å²) >= 11 is 6.06. The molecule has 0 heterocycles. The van der Waals surface area contributed by atoms with Crippen molar-refractivity contribution in [1.29, 1.82) is 0 Å². The number of hydrogen-bond donors (Lipinski definition) is 1. The maximum absolute atomic E-state index is 11.7. The molecule has 4 heteroatoms. The molecule has 0 aliphatic heterocycles. The second kappa shape index (κ2) is 4.62. The van der Waals surface area contributed by atoms with Gasteiger partial charge in [0, 0.05) is 44.8 Å². The highest BCUT2D eigenvalue weighted by atomic mass is 35.5. The van der Waals surface area contributed by atoms with E-state index in [2.05, 4.69) is 18.7 Å². The molecule has 4 rings (SSSR count). The first kappa shape index (κ1) is 13.4. The normalized spacial score (nSPS) is 21.1. The summed E-state index contributed by atoms with van der Waals surface area (Å²) in [6, 6.07) is 5.20. The summed E-state index contributed by atoms with van der Waals surface area (Å²) in [6.07, 6.45) is 6.26. The van der Waals surface area contributed by atoms with Crippen molar-refractivity contribution in [2.75, 3.05) is 0 Å². The van der Waals surface area contributed by atoms with Crippen LogP contribution in [0.25, 0.3) is 10.8 Å².